The number of hydrogen-bond donors (Lipinski definition) is 1. The van der Waals surface area contributed by atoms with E-state index in [0.29, 0.717) is 28.7 Å². The van der Waals surface area contributed by atoms with E-state index in [9.17, 15) is 9.59 Å². The predicted octanol–water partition coefficient (Wildman–Crippen LogP) is 2.63. The fraction of sp³-hybridized carbons (Fsp3) is 0.200. The number of nitrogens with one attached hydrogen (secondary N) is 1. The lowest BCUT2D eigenvalue weighted by Gasteiger charge is -2.34. The molecule has 1 aromatic carbocycles. The van der Waals surface area contributed by atoms with Gasteiger partial charge in [-0.25, -0.2) is 0 Å². The molecular weight excluding hydrogens is 306 g/mol. The van der Waals surface area contributed by atoms with Gasteiger partial charge in [0.25, 0.3) is 0 Å². The number of hydrogen-bond acceptors (Lipinski definition) is 3. The summed E-state index contributed by atoms with van der Waals surface area (Å²) in [5.74, 6) is -0.166. The van der Waals surface area contributed by atoms with Crippen LogP contribution in [0.4, 0.5) is 0 Å². The van der Waals surface area contributed by atoms with Gasteiger partial charge in [0.05, 0.1) is 0 Å². The van der Waals surface area contributed by atoms with Crippen LogP contribution in [-0.4, -0.2) is 23.1 Å². The Kier molecular flexibility index (Phi) is 2.80. The first-order valence-corrected chi connectivity index (χ1v) is 6.85. The molecule has 1 unspecified atom stereocenters. The maximum absolute atomic E-state index is 12.7. The molecule has 19 heavy (non-hydrogen) atoms. The zero-order chi connectivity index (χ0) is 13.6. The topological polar surface area (TPSA) is 46.2 Å². The number of ketones is 2. The molecule has 3 nitrogen and oxygen atoms in total. The molecule has 0 aliphatic heterocycles. The van der Waals surface area contributed by atoms with Gasteiger partial charge in [-0.15, -0.1) is 0 Å². The molecule has 0 aromatic heterocycles. The van der Waals surface area contributed by atoms with Crippen molar-refractivity contribution in [1.29, 1.82) is 0 Å². The van der Waals surface area contributed by atoms with Crippen molar-refractivity contribution >= 4 is 27.5 Å². The van der Waals surface area contributed by atoms with Crippen molar-refractivity contribution in [3.05, 3.63) is 58.7 Å². The Morgan fingerprint density at radius 2 is 1.79 bits per heavy atom. The van der Waals surface area contributed by atoms with Crippen molar-refractivity contribution < 1.29 is 9.59 Å². The monoisotopic (exact) mass is 317 g/mol. The van der Waals surface area contributed by atoms with Gasteiger partial charge in [-0.3, -0.25) is 9.59 Å². The second-order valence-electron chi connectivity index (χ2n) is 4.65. The van der Waals surface area contributed by atoms with E-state index in [1.54, 1.807) is 37.4 Å². The zero-order valence-electron chi connectivity index (χ0n) is 10.4. The van der Waals surface area contributed by atoms with E-state index in [4.69, 9.17) is 0 Å². The van der Waals surface area contributed by atoms with Crippen LogP contribution < -0.4 is 5.32 Å². The van der Waals surface area contributed by atoms with E-state index in [0.717, 1.165) is 0 Å². The number of fused-ring (bicyclic) bond motifs is 1. The maximum Gasteiger partial charge on any atom is 0.194 e. The van der Waals surface area contributed by atoms with Crippen LogP contribution in [0.3, 0.4) is 0 Å². The molecule has 3 rings (SSSR count). The zero-order valence-corrected chi connectivity index (χ0v) is 12.0. The van der Waals surface area contributed by atoms with Gasteiger partial charge in [0.1, 0.15) is 4.45 Å². The molecule has 4 heteroatoms. The minimum atomic E-state index is -0.655. The van der Waals surface area contributed by atoms with Gasteiger partial charge < -0.3 is 5.32 Å². The first-order valence-electron chi connectivity index (χ1n) is 6.06. The first kappa shape index (κ1) is 12.5. The normalized spacial score (nSPS) is 25.4. The Bertz CT molecular complexity index is 660. The van der Waals surface area contributed by atoms with Gasteiger partial charge in [0.15, 0.2) is 11.6 Å². The summed E-state index contributed by atoms with van der Waals surface area (Å²) < 4.78 is -0.655. The standard InChI is InChI=1S/C15H12BrNO2/c1-17-15(16)8-4-7-11-12(15)14(19)10-6-3-2-5-9(10)13(11)18/h2-7,17H,8H2,1H3. The molecule has 0 spiro atoms. The Hall–Kier alpha value is -1.52. The number of carbonyl (C=O) groups excluding carboxylic acids is 2. The number of likely N-dealkylation sites (N-methyl/N-ethyl adjacent to an activating group) is 1. The highest BCUT2D eigenvalue weighted by Crippen LogP contribution is 2.40. The summed E-state index contributed by atoms with van der Waals surface area (Å²) in [6, 6.07) is 6.98. The maximum atomic E-state index is 12.7. The fourth-order valence-electron chi connectivity index (χ4n) is 2.62. The van der Waals surface area contributed by atoms with Crippen molar-refractivity contribution in [1.82, 2.24) is 5.32 Å². The molecule has 0 amide bonds. The smallest absolute Gasteiger partial charge is 0.194 e. The van der Waals surface area contributed by atoms with Crippen LogP contribution in [0.1, 0.15) is 27.1 Å². The second-order valence-corrected chi connectivity index (χ2v) is 6.00. The van der Waals surface area contributed by atoms with Crippen LogP contribution in [0.5, 0.6) is 0 Å². The van der Waals surface area contributed by atoms with Crippen LogP contribution in [0.15, 0.2) is 47.6 Å². The third-order valence-electron chi connectivity index (χ3n) is 3.63. The van der Waals surface area contributed by atoms with E-state index in [1.807, 2.05) is 6.08 Å². The number of carbonyl (C=O) groups is 2. The molecule has 2 aliphatic rings. The molecule has 2 aliphatic carbocycles. The molecule has 0 bridgehead atoms. The highest BCUT2D eigenvalue weighted by molar-refractivity contribution is 9.10. The Balaban J connectivity index is 2.28. The van der Waals surface area contributed by atoms with Crippen molar-refractivity contribution in [2.24, 2.45) is 0 Å². The molecular formula is C15H12BrNO2. The predicted molar refractivity (Wildman–Crippen MR) is 76.6 cm³/mol. The molecule has 1 aromatic rings. The summed E-state index contributed by atoms with van der Waals surface area (Å²) >= 11 is 3.56. The van der Waals surface area contributed by atoms with Gasteiger partial charge in [0, 0.05) is 22.3 Å². The number of alkyl halides is 1. The van der Waals surface area contributed by atoms with E-state index >= 15 is 0 Å². The summed E-state index contributed by atoms with van der Waals surface area (Å²) in [7, 11) is 1.77. The van der Waals surface area contributed by atoms with E-state index in [-0.39, 0.29) is 11.6 Å². The lowest BCUT2D eigenvalue weighted by Crippen LogP contribution is -2.45. The molecule has 0 fully saturated rings. The Morgan fingerprint density at radius 3 is 2.42 bits per heavy atom. The highest BCUT2D eigenvalue weighted by Gasteiger charge is 2.43. The number of Topliss-reactive ketones (excluding diaryl/α,β-unsaturated/α-hetero) is 2. The van der Waals surface area contributed by atoms with Crippen LogP contribution >= 0.6 is 15.9 Å². The summed E-state index contributed by atoms with van der Waals surface area (Å²) in [6.45, 7) is 0. The summed E-state index contributed by atoms with van der Waals surface area (Å²) in [5.41, 5.74) is 1.98. The van der Waals surface area contributed by atoms with Crippen LogP contribution in [-0.2, 0) is 0 Å². The van der Waals surface area contributed by atoms with Crippen LogP contribution in [0.25, 0.3) is 0 Å². The SMILES string of the molecule is CNC1(Br)CC=CC2=C1C(=O)c1ccccc1C2=O. The Morgan fingerprint density at radius 1 is 1.16 bits per heavy atom. The van der Waals surface area contributed by atoms with Gasteiger partial charge in [0.2, 0.25) is 0 Å². The van der Waals surface area contributed by atoms with Gasteiger partial charge in [-0.05, 0) is 13.5 Å². The van der Waals surface area contributed by atoms with Crippen molar-refractivity contribution in [3.63, 3.8) is 0 Å². The molecule has 1 N–H and O–H groups in total. The quantitative estimate of drug-likeness (QED) is 0.640. The number of allylic oxidation sites excluding steroid dienone is 2. The van der Waals surface area contributed by atoms with Gasteiger partial charge >= 0.3 is 0 Å². The van der Waals surface area contributed by atoms with Crippen molar-refractivity contribution in [2.45, 2.75) is 10.9 Å². The molecule has 0 saturated heterocycles. The minimum absolute atomic E-state index is 0.0826. The second kappa shape index (κ2) is 4.25. The number of halogens is 1. The molecule has 0 radical (unpaired) electrons. The van der Waals surface area contributed by atoms with Crippen LogP contribution in [0.2, 0.25) is 0 Å². The van der Waals surface area contributed by atoms with Crippen LogP contribution in [0, 0.1) is 0 Å². The fourth-order valence-corrected chi connectivity index (χ4v) is 3.20. The molecule has 96 valence electrons. The molecule has 0 saturated carbocycles. The average Bonchev–Trinajstić information content (AvgIpc) is 2.44. The van der Waals surface area contributed by atoms with Gasteiger partial charge in [-0.2, -0.15) is 0 Å². The lowest BCUT2D eigenvalue weighted by atomic mass is 9.78. The molecule has 0 heterocycles. The highest BCUT2D eigenvalue weighted by atomic mass is 79.9. The van der Waals surface area contributed by atoms with Crippen molar-refractivity contribution in [3.8, 4) is 0 Å². The lowest BCUT2D eigenvalue weighted by molar-refractivity contribution is 0.0968. The van der Waals surface area contributed by atoms with Gasteiger partial charge in [-0.1, -0.05) is 52.3 Å². The summed E-state index contributed by atoms with van der Waals surface area (Å²) in [6.07, 6.45) is 4.29. The van der Waals surface area contributed by atoms with E-state index in [1.165, 1.54) is 0 Å². The summed E-state index contributed by atoms with van der Waals surface area (Å²) in [4.78, 5) is 25.1. The average molecular weight is 318 g/mol. The third-order valence-corrected chi connectivity index (χ3v) is 4.75. The van der Waals surface area contributed by atoms with Crippen molar-refractivity contribution in [2.75, 3.05) is 7.05 Å². The summed E-state index contributed by atoms with van der Waals surface area (Å²) in [5, 5.41) is 3.10. The third kappa shape index (κ3) is 1.67. The molecule has 1 atom stereocenters. The minimum Gasteiger partial charge on any atom is -0.301 e. The Labute approximate surface area is 119 Å². The van der Waals surface area contributed by atoms with E-state index < -0.39 is 4.45 Å². The largest absolute Gasteiger partial charge is 0.301 e. The van der Waals surface area contributed by atoms with E-state index in [2.05, 4.69) is 21.2 Å². The first-order chi connectivity index (χ1) is 9.08. The number of benzene rings is 1. The number of rotatable bonds is 1.